The molecular formula is C14H25N3. The lowest BCUT2D eigenvalue weighted by Crippen LogP contribution is -2.55. The molecule has 0 amide bonds. The Morgan fingerprint density at radius 3 is 2.94 bits per heavy atom. The highest BCUT2D eigenvalue weighted by Crippen LogP contribution is 2.40. The standard InChI is InChI=1S/C14H25N3/c1-2-13-6-3-4-7-14(13,12-15)17-10-5-8-16-9-11-17/h13,16H,2-11H2,1H3. The van der Waals surface area contributed by atoms with Crippen molar-refractivity contribution in [3.05, 3.63) is 0 Å². The van der Waals surface area contributed by atoms with E-state index in [9.17, 15) is 5.26 Å². The number of rotatable bonds is 2. The maximum Gasteiger partial charge on any atom is 0.112 e. The molecule has 17 heavy (non-hydrogen) atoms. The molecule has 0 bridgehead atoms. The van der Waals surface area contributed by atoms with Crippen LogP contribution in [0.5, 0.6) is 0 Å². The van der Waals surface area contributed by atoms with Gasteiger partial charge in [-0.25, -0.2) is 0 Å². The third-order valence-corrected chi connectivity index (χ3v) is 4.63. The first-order valence-corrected chi connectivity index (χ1v) is 7.20. The van der Waals surface area contributed by atoms with Gasteiger partial charge in [0.15, 0.2) is 0 Å². The Morgan fingerprint density at radius 2 is 2.18 bits per heavy atom. The van der Waals surface area contributed by atoms with Crippen molar-refractivity contribution in [2.45, 2.75) is 51.0 Å². The summed E-state index contributed by atoms with van der Waals surface area (Å²) in [5, 5.41) is 13.2. The molecule has 1 aliphatic carbocycles. The first-order chi connectivity index (χ1) is 8.33. The fraction of sp³-hybridized carbons (Fsp3) is 0.929. The van der Waals surface area contributed by atoms with Gasteiger partial charge >= 0.3 is 0 Å². The average Bonchev–Trinajstić information content (AvgIpc) is 2.67. The maximum atomic E-state index is 9.78. The molecule has 0 aromatic carbocycles. The van der Waals surface area contributed by atoms with Gasteiger partial charge in [-0.2, -0.15) is 5.26 Å². The van der Waals surface area contributed by atoms with Crippen LogP contribution in [0.25, 0.3) is 0 Å². The zero-order valence-corrected chi connectivity index (χ0v) is 11.0. The number of nitrogens with zero attached hydrogens (tertiary/aromatic N) is 2. The molecular weight excluding hydrogens is 210 g/mol. The van der Waals surface area contributed by atoms with Crippen LogP contribution in [-0.2, 0) is 0 Å². The van der Waals surface area contributed by atoms with E-state index in [1.165, 1.54) is 25.7 Å². The summed E-state index contributed by atoms with van der Waals surface area (Å²) in [5.41, 5.74) is -0.154. The van der Waals surface area contributed by atoms with Gasteiger partial charge in [0.25, 0.3) is 0 Å². The van der Waals surface area contributed by atoms with Crippen LogP contribution in [0.4, 0.5) is 0 Å². The largest absolute Gasteiger partial charge is 0.315 e. The predicted octanol–water partition coefficient (Wildman–Crippen LogP) is 2.14. The molecule has 3 nitrogen and oxygen atoms in total. The predicted molar refractivity (Wildman–Crippen MR) is 69.7 cm³/mol. The van der Waals surface area contributed by atoms with Crippen LogP contribution < -0.4 is 5.32 Å². The monoisotopic (exact) mass is 235 g/mol. The molecule has 0 spiro atoms. The van der Waals surface area contributed by atoms with E-state index in [-0.39, 0.29) is 5.54 Å². The van der Waals surface area contributed by atoms with Gasteiger partial charge in [-0.05, 0) is 31.7 Å². The van der Waals surface area contributed by atoms with Crippen molar-refractivity contribution < 1.29 is 0 Å². The second kappa shape index (κ2) is 5.84. The minimum atomic E-state index is -0.154. The summed E-state index contributed by atoms with van der Waals surface area (Å²) in [6.45, 7) is 6.54. The van der Waals surface area contributed by atoms with Gasteiger partial charge in [0.1, 0.15) is 5.54 Å². The second-order valence-corrected chi connectivity index (χ2v) is 5.48. The summed E-state index contributed by atoms with van der Waals surface area (Å²) in [4.78, 5) is 2.49. The van der Waals surface area contributed by atoms with Crippen LogP contribution in [0.1, 0.15) is 45.4 Å². The van der Waals surface area contributed by atoms with Crippen molar-refractivity contribution >= 4 is 0 Å². The van der Waals surface area contributed by atoms with Crippen LogP contribution in [0.2, 0.25) is 0 Å². The summed E-state index contributed by atoms with van der Waals surface area (Å²) in [7, 11) is 0. The summed E-state index contributed by atoms with van der Waals surface area (Å²) in [5.74, 6) is 0.583. The molecule has 1 saturated carbocycles. The molecule has 2 rings (SSSR count). The Hall–Kier alpha value is -0.590. The van der Waals surface area contributed by atoms with Gasteiger partial charge in [-0.1, -0.05) is 26.2 Å². The lowest BCUT2D eigenvalue weighted by Gasteiger charge is -2.46. The minimum Gasteiger partial charge on any atom is -0.315 e. The zero-order chi connectivity index (χ0) is 12.1. The van der Waals surface area contributed by atoms with Gasteiger partial charge in [-0.15, -0.1) is 0 Å². The van der Waals surface area contributed by atoms with Crippen molar-refractivity contribution in [1.29, 1.82) is 5.26 Å². The molecule has 1 saturated heterocycles. The lowest BCUT2D eigenvalue weighted by atomic mass is 9.71. The number of nitrogens with one attached hydrogen (secondary N) is 1. The first-order valence-electron chi connectivity index (χ1n) is 7.20. The van der Waals surface area contributed by atoms with Crippen molar-refractivity contribution in [3.8, 4) is 6.07 Å². The third-order valence-electron chi connectivity index (χ3n) is 4.63. The highest BCUT2D eigenvalue weighted by Gasteiger charge is 2.44. The molecule has 1 aliphatic heterocycles. The Bertz CT molecular complexity index is 276. The summed E-state index contributed by atoms with van der Waals surface area (Å²) in [6, 6.07) is 2.71. The van der Waals surface area contributed by atoms with Gasteiger partial charge < -0.3 is 5.32 Å². The molecule has 0 aromatic heterocycles. The molecule has 1 heterocycles. The minimum absolute atomic E-state index is 0.154. The van der Waals surface area contributed by atoms with E-state index in [0.717, 1.165) is 39.0 Å². The third kappa shape index (κ3) is 2.48. The van der Waals surface area contributed by atoms with Crippen molar-refractivity contribution in [2.75, 3.05) is 26.2 Å². The Balaban J connectivity index is 2.18. The molecule has 0 aromatic rings. The van der Waals surface area contributed by atoms with E-state index in [4.69, 9.17) is 0 Å². The molecule has 2 aliphatic rings. The van der Waals surface area contributed by atoms with Crippen molar-refractivity contribution in [1.82, 2.24) is 10.2 Å². The van der Waals surface area contributed by atoms with E-state index >= 15 is 0 Å². The number of nitriles is 1. The molecule has 3 heteroatoms. The van der Waals surface area contributed by atoms with E-state index in [0.29, 0.717) is 5.92 Å². The highest BCUT2D eigenvalue weighted by atomic mass is 15.2. The smallest absolute Gasteiger partial charge is 0.112 e. The van der Waals surface area contributed by atoms with Crippen LogP contribution in [0.15, 0.2) is 0 Å². The summed E-state index contributed by atoms with van der Waals surface area (Å²) >= 11 is 0. The highest BCUT2D eigenvalue weighted by molar-refractivity contribution is 5.13. The molecule has 1 N–H and O–H groups in total. The molecule has 2 unspecified atom stereocenters. The molecule has 2 atom stereocenters. The maximum absolute atomic E-state index is 9.78. The molecule has 2 fully saturated rings. The van der Waals surface area contributed by atoms with E-state index < -0.39 is 0 Å². The summed E-state index contributed by atoms with van der Waals surface area (Å²) < 4.78 is 0. The van der Waals surface area contributed by atoms with Gasteiger partial charge in [0, 0.05) is 19.6 Å². The average molecular weight is 235 g/mol. The molecule has 0 radical (unpaired) electrons. The normalized spacial score (nSPS) is 36.1. The van der Waals surface area contributed by atoms with Gasteiger partial charge in [-0.3, -0.25) is 4.90 Å². The second-order valence-electron chi connectivity index (χ2n) is 5.48. The van der Waals surface area contributed by atoms with Gasteiger partial charge in [0.05, 0.1) is 6.07 Å². The fourth-order valence-electron chi connectivity index (χ4n) is 3.65. The Labute approximate surface area is 105 Å². The van der Waals surface area contributed by atoms with E-state index in [2.05, 4.69) is 23.2 Å². The number of hydrogen-bond acceptors (Lipinski definition) is 3. The topological polar surface area (TPSA) is 39.1 Å². The quantitative estimate of drug-likeness (QED) is 0.797. The number of hydrogen-bond donors (Lipinski definition) is 1. The van der Waals surface area contributed by atoms with Crippen LogP contribution in [-0.4, -0.2) is 36.6 Å². The van der Waals surface area contributed by atoms with Gasteiger partial charge in [0.2, 0.25) is 0 Å². The Kier molecular flexibility index (Phi) is 4.42. The van der Waals surface area contributed by atoms with Crippen molar-refractivity contribution in [3.63, 3.8) is 0 Å². The SMILES string of the molecule is CCC1CCCCC1(C#N)N1CCCNCC1. The van der Waals surface area contributed by atoms with Crippen LogP contribution >= 0.6 is 0 Å². The van der Waals surface area contributed by atoms with E-state index in [1.54, 1.807) is 0 Å². The Morgan fingerprint density at radius 1 is 1.29 bits per heavy atom. The van der Waals surface area contributed by atoms with E-state index in [1.807, 2.05) is 0 Å². The van der Waals surface area contributed by atoms with Crippen molar-refractivity contribution in [2.24, 2.45) is 5.92 Å². The summed E-state index contributed by atoms with van der Waals surface area (Å²) in [6.07, 6.45) is 7.20. The fourth-order valence-corrected chi connectivity index (χ4v) is 3.65. The first kappa shape index (κ1) is 12.9. The lowest BCUT2D eigenvalue weighted by molar-refractivity contribution is 0.0479. The molecule has 96 valence electrons. The van der Waals surface area contributed by atoms with Crippen LogP contribution in [0.3, 0.4) is 0 Å². The zero-order valence-electron chi connectivity index (χ0n) is 11.0. The van der Waals surface area contributed by atoms with Crippen LogP contribution in [0, 0.1) is 17.2 Å².